The minimum Gasteiger partial charge on any atom is -0.387 e. The maximum atomic E-state index is 10.1. The topological polar surface area (TPSA) is 41.5 Å². The Morgan fingerprint density at radius 3 is 2.53 bits per heavy atom. The summed E-state index contributed by atoms with van der Waals surface area (Å²) in [5, 5.41) is 13.3. The van der Waals surface area contributed by atoms with Crippen LogP contribution in [-0.4, -0.2) is 31.4 Å². The fraction of sp³-hybridized carbons (Fsp3) is 0.500. The predicted octanol–water partition coefficient (Wildman–Crippen LogP) is 1.34. The fourth-order valence-corrected chi connectivity index (χ4v) is 1.59. The van der Waals surface area contributed by atoms with E-state index in [9.17, 15) is 5.11 Å². The average Bonchev–Trinajstić information content (AvgIpc) is 2.29. The predicted molar refractivity (Wildman–Crippen MR) is 60.7 cm³/mol. The first kappa shape index (κ1) is 12.2. The van der Waals surface area contributed by atoms with Crippen LogP contribution in [0.3, 0.4) is 0 Å². The van der Waals surface area contributed by atoms with E-state index in [4.69, 9.17) is 4.74 Å². The van der Waals surface area contributed by atoms with Gasteiger partial charge in [0, 0.05) is 7.11 Å². The zero-order valence-corrected chi connectivity index (χ0v) is 9.31. The second kappa shape index (κ2) is 6.56. The molecular formula is C12H19NO2. The lowest BCUT2D eigenvalue weighted by atomic mass is 10.0. The van der Waals surface area contributed by atoms with Gasteiger partial charge in [-0.2, -0.15) is 0 Å². The SMILES string of the molecule is CCNC(COC)C(O)c1ccccc1. The number of hydrogen-bond acceptors (Lipinski definition) is 3. The molecule has 0 fully saturated rings. The Morgan fingerprint density at radius 1 is 1.33 bits per heavy atom. The van der Waals surface area contributed by atoms with Gasteiger partial charge in [-0.15, -0.1) is 0 Å². The number of nitrogens with one attached hydrogen (secondary N) is 1. The molecule has 15 heavy (non-hydrogen) atoms. The van der Waals surface area contributed by atoms with Gasteiger partial charge in [0.25, 0.3) is 0 Å². The normalized spacial score (nSPS) is 14.9. The van der Waals surface area contributed by atoms with Crippen molar-refractivity contribution < 1.29 is 9.84 Å². The summed E-state index contributed by atoms with van der Waals surface area (Å²) >= 11 is 0. The standard InChI is InChI=1S/C12H19NO2/c1-3-13-11(9-15-2)12(14)10-7-5-4-6-8-10/h4-8,11-14H,3,9H2,1-2H3. The van der Waals surface area contributed by atoms with Crippen LogP contribution in [0.5, 0.6) is 0 Å². The van der Waals surface area contributed by atoms with Crippen LogP contribution < -0.4 is 5.32 Å². The van der Waals surface area contributed by atoms with Gasteiger partial charge in [0.05, 0.1) is 18.8 Å². The number of aliphatic hydroxyl groups excluding tert-OH is 1. The van der Waals surface area contributed by atoms with Crippen LogP contribution in [0, 0.1) is 0 Å². The molecular weight excluding hydrogens is 190 g/mol. The van der Waals surface area contributed by atoms with Gasteiger partial charge in [-0.3, -0.25) is 0 Å². The number of likely N-dealkylation sites (N-methyl/N-ethyl adjacent to an activating group) is 1. The third-order valence-electron chi connectivity index (χ3n) is 2.33. The highest BCUT2D eigenvalue weighted by Gasteiger charge is 2.19. The first-order valence-electron chi connectivity index (χ1n) is 5.25. The quantitative estimate of drug-likeness (QED) is 0.743. The number of methoxy groups -OCH3 is 1. The molecule has 0 aliphatic rings. The molecule has 0 aliphatic carbocycles. The number of hydrogen-bond donors (Lipinski definition) is 2. The highest BCUT2D eigenvalue weighted by molar-refractivity contribution is 5.18. The molecule has 0 aromatic heterocycles. The third-order valence-corrected chi connectivity index (χ3v) is 2.33. The molecule has 1 aromatic carbocycles. The van der Waals surface area contributed by atoms with E-state index in [1.54, 1.807) is 7.11 Å². The first-order valence-corrected chi connectivity index (χ1v) is 5.25. The van der Waals surface area contributed by atoms with E-state index in [1.807, 2.05) is 37.3 Å². The second-order valence-corrected chi connectivity index (χ2v) is 3.48. The van der Waals surface area contributed by atoms with Crippen molar-refractivity contribution in [2.45, 2.75) is 19.1 Å². The van der Waals surface area contributed by atoms with Gasteiger partial charge in [0.15, 0.2) is 0 Å². The summed E-state index contributed by atoms with van der Waals surface area (Å²) in [6.07, 6.45) is -0.522. The molecule has 3 nitrogen and oxygen atoms in total. The minimum atomic E-state index is -0.522. The third kappa shape index (κ3) is 3.63. The van der Waals surface area contributed by atoms with Crippen LogP contribution in [0.15, 0.2) is 30.3 Å². The van der Waals surface area contributed by atoms with Crippen molar-refractivity contribution in [1.82, 2.24) is 5.32 Å². The van der Waals surface area contributed by atoms with E-state index in [-0.39, 0.29) is 6.04 Å². The molecule has 1 aromatic rings. The Kier molecular flexibility index (Phi) is 5.32. The van der Waals surface area contributed by atoms with Crippen molar-refractivity contribution in [2.75, 3.05) is 20.3 Å². The van der Waals surface area contributed by atoms with Crippen LogP contribution in [0.1, 0.15) is 18.6 Å². The van der Waals surface area contributed by atoms with Crippen LogP contribution in [-0.2, 0) is 4.74 Å². The fourth-order valence-electron chi connectivity index (χ4n) is 1.59. The second-order valence-electron chi connectivity index (χ2n) is 3.48. The average molecular weight is 209 g/mol. The van der Waals surface area contributed by atoms with Gasteiger partial charge in [0.1, 0.15) is 0 Å². The van der Waals surface area contributed by atoms with Crippen molar-refractivity contribution in [2.24, 2.45) is 0 Å². The summed E-state index contributed by atoms with van der Waals surface area (Å²) in [4.78, 5) is 0. The molecule has 1 rings (SSSR count). The number of benzene rings is 1. The summed E-state index contributed by atoms with van der Waals surface area (Å²) in [6.45, 7) is 3.34. The van der Waals surface area contributed by atoms with Crippen molar-refractivity contribution >= 4 is 0 Å². The van der Waals surface area contributed by atoms with E-state index in [0.29, 0.717) is 6.61 Å². The number of ether oxygens (including phenoxy) is 1. The molecule has 0 amide bonds. The van der Waals surface area contributed by atoms with Crippen molar-refractivity contribution in [1.29, 1.82) is 0 Å². The lowest BCUT2D eigenvalue weighted by molar-refractivity contribution is 0.0706. The van der Waals surface area contributed by atoms with Crippen molar-refractivity contribution in [3.63, 3.8) is 0 Å². The maximum Gasteiger partial charge on any atom is 0.0965 e. The Hall–Kier alpha value is -0.900. The maximum absolute atomic E-state index is 10.1. The van der Waals surface area contributed by atoms with E-state index >= 15 is 0 Å². The van der Waals surface area contributed by atoms with Crippen molar-refractivity contribution in [3.8, 4) is 0 Å². The molecule has 0 aliphatic heterocycles. The van der Waals surface area contributed by atoms with Gasteiger partial charge in [0.2, 0.25) is 0 Å². The lowest BCUT2D eigenvalue weighted by Crippen LogP contribution is -2.38. The van der Waals surface area contributed by atoms with Gasteiger partial charge in [-0.1, -0.05) is 37.3 Å². The summed E-state index contributed by atoms with van der Waals surface area (Å²) in [7, 11) is 1.64. The molecule has 0 saturated heterocycles. The zero-order chi connectivity index (χ0) is 11.1. The molecule has 2 unspecified atom stereocenters. The van der Waals surface area contributed by atoms with Crippen LogP contribution in [0.2, 0.25) is 0 Å². The molecule has 0 spiro atoms. The van der Waals surface area contributed by atoms with Crippen LogP contribution in [0.25, 0.3) is 0 Å². The summed E-state index contributed by atoms with van der Waals surface area (Å²) in [6, 6.07) is 9.58. The molecule has 0 bridgehead atoms. The molecule has 0 radical (unpaired) electrons. The van der Waals surface area contributed by atoms with E-state index < -0.39 is 6.10 Å². The van der Waals surface area contributed by atoms with Gasteiger partial charge >= 0.3 is 0 Å². The van der Waals surface area contributed by atoms with Crippen molar-refractivity contribution in [3.05, 3.63) is 35.9 Å². The monoisotopic (exact) mass is 209 g/mol. The van der Waals surface area contributed by atoms with E-state index in [0.717, 1.165) is 12.1 Å². The number of rotatable bonds is 6. The molecule has 3 heteroatoms. The highest BCUT2D eigenvalue weighted by atomic mass is 16.5. The Balaban J connectivity index is 2.67. The minimum absolute atomic E-state index is 0.0533. The van der Waals surface area contributed by atoms with Crippen LogP contribution in [0.4, 0.5) is 0 Å². The van der Waals surface area contributed by atoms with Crippen LogP contribution >= 0.6 is 0 Å². The van der Waals surface area contributed by atoms with E-state index in [2.05, 4.69) is 5.32 Å². The molecule has 2 atom stereocenters. The summed E-state index contributed by atoms with van der Waals surface area (Å²) < 4.78 is 5.08. The number of aliphatic hydroxyl groups is 1. The molecule has 0 saturated carbocycles. The molecule has 2 N–H and O–H groups in total. The summed E-state index contributed by atoms with van der Waals surface area (Å²) in [5.74, 6) is 0. The van der Waals surface area contributed by atoms with E-state index in [1.165, 1.54) is 0 Å². The molecule has 84 valence electrons. The first-order chi connectivity index (χ1) is 7.29. The Bertz CT molecular complexity index is 258. The largest absolute Gasteiger partial charge is 0.387 e. The molecule has 0 heterocycles. The smallest absolute Gasteiger partial charge is 0.0965 e. The lowest BCUT2D eigenvalue weighted by Gasteiger charge is -2.23. The Morgan fingerprint density at radius 2 is 2.00 bits per heavy atom. The zero-order valence-electron chi connectivity index (χ0n) is 9.31. The summed E-state index contributed by atoms with van der Waals surface area (Å²) in [5.41, 5.74) is 0.917. The highest BCUT2D eigenvalue weighted by Crippen LogP contribution is 2.16. The van der Waals surface area contributed by atoms with Gasteiger partial charge in [-0.05, 0) is 12.1 Å². The Labute approximate surface area is 91.1 Å². The van der Waals surface area contributed by atoms with Gasteiger partial charge in [-0.25, -0.2) is 0 Å². The van der Waals surface area contributed by atoms with Gasteiger partial charge < -0.3 is 15.2 Å².